The molecule has 0 aliphatic heterocycles. The van der Waals surface area contributed by atoms with Crippen molar-refractivity contribution in [1.82, 2.24) is 0 Å². The molecule has 0 unspecified atom stereocenters. The maximum absolute atomic E-state index is 10.1. The van der Waals surface area contributed by atoms with Crippen molar-refractivity contribution < 1.29 is 28.9 Å². The van der Waals surface area contributed by atoms with E-state index < -0.39 is 11.9 Å². The van der Waals surface area contributed by atoms with E-state index in [1.165, 1.54) is 79.0 Å². The van der Waals surface area contributed by atoms with Crippen LogP contribution in [0.15, 0.2) is 158 Å². The third-order valence-electron chi connectivity index (χ3n) is 8.41. The van der Waals surface area contributed by atoms with Gasteiger partial charge in [0.2, 0.25) is 22.1 Å². The van der Waals surface area contributed by atoms with Gasteiger partial charge in [0.25, 0.3) is 0 Å². The summed E-state index contributed by atoms with van der Waals surface area (Å²) in [6, 6.07) is 51.1. The highest BCUT2D eigenvalue weighted by atomic mass is 16.4. The third-order valence-corrected chi connectivity index (χ3v) is 8.41. The van der Waals surface area contributed by atoms with Gasteiger partial charge in [-0.3, -0.25) is 0 Å². The van der Waals surface area contributed by atoms with Crippen molar-refractivity contribution in [2.75, 3.05) is 0 Å². The Morgan fingerprint density at radius 1 is 0.375 bits per heavy atom. The molecule has 2 heterocycles. The van der Waals surface area contributed by atoms with Crippen molar-refractivity contribution in [3.63, 3.8) is 0 Å². The highest BCUT2D eigenvalue weighted by Gasteiger charge is 2.24. The molecule has 8 rings (SSSR count). The quantitative estimate of drug-likeness (QED) is 0.185. The van der Waals surface area contributed by atoms with Crippen LogP contribution in [0, 0.1) is 0 Å². The number of aromatic nitrogens is 2. The molecule has 6 heteroatoms. The van der Waals surface area contributed by atoms with Crippen molar-refractivity contribution in [3.05, 3.63) is 169 Å². The molecule has 0 radical (unpaired) electrons. The predicted octanol–water partition coefficient (Wildman–Crippen LogP) is 5.72. The van der Waals surface area contributed by atoms with Crippen molar-refractivity contribution in [3.8, 4) is 11.1 Å². The minimum atomic E-state index is -1.13. The van der Waals surface area contributed by atoms with Crippen LogP contribution < -0.4 is 19.3 Å². The van der Waals surface area contributed by atoms with Gasteiger partial charge in [0.05, 0.1) is 33.5 Å². The number of carbonyl (C=O) groups is 2. The number of fused-ring (bicyclic) bond motifs is 4. The van der Waals surface area contributed by atoms with Gasteiger partial charge in [-0.15, -0.1) is 0 Å². The molecule has 8 aromatic rings. The zero-order valence-electron chi connectivity index (χ0n) is 26.5. The summed E-state index contributed by atoms with van der Waals surface area (Å²) >= 11 is 0. The molecule has 0 atom stereocenters. The zero-order valence-corrected chi connectivity index (χ0v) is 26.5. The lowest BCUT2D eigenvalue weighted by atomic mass is 9.90. The summed E-state index contributed by atoms with van der Waals surface area (Å²) in [6.07, 6.45) is 0. The van der Waals surface area contributed by atoms with Crippen LogP contribution in [-0.4, -0.2) is 11.9 Å². The maximum atomic E-state index is 10.1. The van der Waals surface area contributed by atoms with Crippen LogP contribution in [0.25, 0.3) is 54.7 Å². The summed E-state index contributed by atoms with van der Waals surface area (Å²) in [4.78, 5) is 20.2. The highest BCUT2D eigenvalue weighted by Crippen LogP contribution is 2.40. The number of hydrogen-bond donors (Lipinski definition) is 0. The van der Waals surface area contributed by atoms with Gasteiger partial charge in [0.1, 0.15) is 14.1 Å². The van der Waals surface area contributed by atoms with Crippen LogP contribution in [0.2, 0.25) is 0 Å². The van der Waals surface area contributed by atoms with E-state index in [0.29, 0.717) is 0 Å². The summed E-state index contributed by atoms with van der Waals surface area (Å²) in [7, 11) is 4.32. The van der Waals surface area contributed by atoms with E-state index in [1.807, 2.05) is 0 Å². The summed E-state index contributed by atoms with van der Waals surface area (Å²) in [5.74, 6) is -2.26. The van der Waals surface area contributed by atoms with Gasteiger partial charge in [0, 0.05) is 35.4 Å². The summed E-state index contributed by atoms with van der Waals surface area (Å²) in [5, 5.41) is 25.3. The molecule has 6 nitrogen and oxygen atoms in total. The Kier molecular flexibility index (Phi) is 9.17. The molecule has 2 aromatic heterocycles. The van der Waals surface area contributed by atoms with E-state index in [2.05, 4.69) is 120 Å². The fourth-order valence-electron chi connectivity index (χ4n) is 6.15. The Labute approximate surface area is 278 Å². The second-order valence-corrected chi connectivity index (χ2v) is 11.2. The van der Waals surface area contributed by atoms with Crippen LogP contribution >= 0.6 is 0 Å². The number of carboxylic acids is 2. The number of benzene rings is 6. The minimum Gasteiger partial charge on any atom is -0.545 e. The Balaban J connectivity index is 0.000000182. The van der Waals surface area contributed by atoms with Crippen LogP contribution in [0.5, 0.6) is 0 Å². The Morgan fingerprint density at radius 2 is 0.604 bits per heavy atom. The summed E-state index contributed by atoms with van der Waals surface area (Å²) in [6.45, 7) is 0. The SMILES string of the molecule is C[n+]1c2ccccc2c(-c2c3ccccc3[n+](C)c3ccccc23)c2ccccc21.O=C([O-])c1ccccc1.O=C([O-])c1ccccc1. The summed E-state index contributed by atoms with van der Waals surface area (Å²) < 4.78 is 4.61. The van der Waals surface area contributed by atoms with E-state index in [1.54, 1.807) is 36.4 Å². The first kappa shape index (κ1) is 31.6. The molecular weight excluding hydrogens is 596 g/mol. The molecule has 0 saturated carbocycles. The number of aryl methyl sites for hydroxylation is 2. The summed E-state index contributed by atoms with van der Waals surface area (Å²) in [5.41, 5.74) is 8.04. The molecule has 0 aliphatic rings. The number of nitrogens with zero attached hydrogens (tertiary/aromatic N) is 2. The number of carboxylic acid groups (broad SMARTS) is 2. The van der Waals surface area contributed by atoms with Crippen molar-refractivity contribution in [2.45, 2.75) is 0 Å². The van der Waals surface area contributed by atoms with Crippen molar-refractivity contribution >= 4 is 55.6 Å². The van der Waals surface area contributed by atoms with Gasteiger partial charge in [0.15, 0.2) is 0 Å². The highest BCUT2D eigenvalue weighted by molar-refractivity contribution is 6.18. The molecule has 0 N–H and O–H groups in total. The van der Waals surface area contributed by atoms with Crippen LogP contribution in [0.4, 0.5) is 0 Å². The topological polar surface area (TPSA) is 88.0 Å². The van der Waals surface area contributed by atoms with E-state index in [0.717, 1.165) is 0 Å². The fourth-order valence-corrected chi connectivity index (χ4v) is 6.15. The van der Waals surface area contributed by atoms with Crippen LogP contribution in [0.3, 0.4) is 0 Å². The number of aromatic carboxylic acids is 2. The van der Waals surface area contributed by atoms with Crippen molar-refractivity contribution in [2.24, 2.45) is 14.1 Å². The Morgan fingerprint density at radius 3 is 0.833 bits per heavy atom. The molecule has 6 aromatic carbocycles. The number of para-hydroxylation sites is 4. The minimum absolute atomic E-state index is 0.220. The van der Waals surface area contributed by atoms with Gasteiger partial charge < -0.3 is 19.8 Å². The van der Waals surface area contributed by atoms with Crippen LogP contribution in [0.1, 0.15) is 20.7 Å². The second kappa shape index (κ2) is 13.9. The Bertz CT molecular complexity index is 2140. The maximum Gasteiger partial charge on any atom is 0.213 e. The lowest BCUT2D eigenvalue weighted by molar-refractivity contribution is -0.617. The van der Waals surface area contributed by atoms with E-state index in [4.69, 9.17) is 0 Å². The zero-order chi connectivity index (χ0) is 33.6. The van der Waals surface area contributed by atoms with E-state index in [9.17, 15) is 19.8 Å². The predicted molar refractivity (Wildman–Crippen MR) is 186 cm³/mol. The molecule has 0 amide bonds. The Hall–Kier alpha value is -6.40. The van der Waals surface area contributed by atoms with Crippen molar-refractivity contribution in [1.29, 1.82) is 0 Å². The molecule has 0 spiro atoms. The first-order valence-corrected chi connectivity index (χ1v) is 15.5. The second-order valence-electron chi connectivity index (χ2n) is 11.2. The molecule has 0 saturated heterocycles. The van der Waals surface area contributed by atoms with Gasteiger partial charge in [-0.25, -0.2) is 0 Å². The average molecular weight is 629 g/mol. The molecule has 234 valence electrons. The monoisotopic (exact) mass is 628 g/mol. The van der Waals surface area contributed by atoms with Gasteiger partial charge in [-0.1, -0.05) is 109 Å². The first-order valence-electron chi connectivity index (χ1n) is 15.5. The molecule has 0 fully saturated rings. The lowest BCUT2D eigenvalue weighted by Gasteiger charge is -2.14. The largest absolute Gasteiger partial charge is 0.545 e. The lowest BCUT2D eigenvalue weighted by Crippen LogP contribution is -2.31. The third kappa shape index (κ3) is 6.19. The number of carbonyl (C=O) groups excluding carboxylic acids is 2. The fraction of sp³-hybridized carbons (Fsp3) is 0.0476. The normalized spacial score (nSPS) is 10.6. The van der Waals surface area contributed by atoms with Gasteiger partial charge in [-0.2, -0.15) is 9.13 Å². The standard InChI is InChI=1S/C28H22N2.2C7H6O2/c1-29-23-15-7-3-11-19(23)27(20-12-4-8-16-24(20)29)28-21-13-5-9-17-25(21)30(2)26-18-10-6-14-22(26)28;2*8-7(9)6-4-2-1-3-5-6/h3-18H,1-2H3;2*1-5H,(H,8,9)/q+2;;/p-2. The molecule has 0 aliphatic carbocycles. The smallest absolute Gasteiger partial charge is 0.213 e. The number of rotatable bonds is 3. The van der Waals surface area contributed by atoms with Gasteiger partial charge >= 0.3 is 0 Å². The molecule has 48 heavy (non-hydrogen) atoms. The number of pyridine rings is 2. The molecular formula is C42H32N2O4. The van der Waals surface area contributed by atoms with E-state index >= 15 is 0 Å². The average Bonchev–Trinajstić information content (AvgIpc) is 3.14. The van der Waals surface area contributed by atoms with Crippen LogP contribution in [-0.2, 0) is 14.1 Å². The first-order chi connectivity index (χ1) is 23.4. The number of hydrogen-bond acceptors (Lipinski definition) is 4. The molecule has 0 bridgehead atoms. The van der Waals surface area contributed by atoms with Gasteiger partial charge in [-0.05, 0) is 35.4 Å². The van der Waals surface area contributed by atoms with E-state index in [-0.39, 0.29) is 11.1 Å².